The summed E-state index contributed by atoms with van der Waals surface area (Å²) in [6.07, 6.45) is 30.3. The molecule has 1 radical (unpaired) electrons. The fraction of sp³-hybridized carbons (Fsp3) is 0.600. The summed E-state index contributed by atoms with van der Waals surface area (Å²) in [5.41, 5.74) is 2.95. The molecular weight excluding hydrogens is 644 g/mol. The Morgan fingerprint density at radius 3 is 0.735 bits per heavy atom. The maximum atomic E-state index is 11.4. The van der Waals surface area contributed by atoms with Crippen molar-refractivity contribution in [3.05, 3.63) is 89.5 Å². The quantitative estimate of drug-likeness (QED) is 0.0685. The van der Waals surface area contributed by atoms with Gasteiger partial charge in [0.1, 0.15) is 0 Å². The minimum atomic E-state index is 0. The Kier molecular flexibility index (Phi) is 32.4. The molecule has 0 aliphatic rings. The van der Waals surface area contributed by atoms with Crippen molar-refractivity contribution in [2.75, 3.05) is 0 Å². The number of hydrogen-bond donors (Lipinski definition) is 0. The van der Waals surface area contributed by atoms with Crippen LogP contribution in [0.25, 0.3) is 0 Å². The normalized spacial score (nSPS) is 10.3. The van der Waals surface area contributed by atoms with Crippen LogP contribution in [0.15, 0.2) is 72.8 Å². The summed E-state index contributed by atoms with van der Waals surface area (Å²) >= 11 is 0. The molecule has 0 N–H and O–H groups in total. The molecular formula is C45H69FeO3. The smallest absolute Gasteiger partial charge is 0.872 e. The number of aryl methyl sites for hydroxylation is 3. The van der Waals surface area contributed by atoms with Crippen LogP contribution in [-0.2, 0) is 36.3 Å². The van der Waals surface area contributed by atoms with Gasteiger partial charge in [0, 0.05) is 0 Å². The van der Waals surface area contributed by atoms with Crippen LogP contribution in [0.5, 0.6) is 17.2 Å². The summed E-state index contributed by atoms with van der Waals surface area (Å²) in [7, 11) is 0. The molecule has 0 aliphatic carbocycles. The van der Waals surface area contributed by atoms with Gasteiger partial charge in [0.25, 0.3) is 0 Å². The topological polar surface area (TPSA) is 69.2 Å². The van der Waals surface area contributed by atoms with Crippen molar-refractivity contribution in [2.24, 2.45) is 0 Å². The van der Waals surface area contributed by atoms with Crippen molar-refractivity contribution in [3.63, 3.8) is 0 Å². The van der Waals surface area contributed by atoms with Gasteiger partial charge in [-0.05, 0) is 38.5 Å². The fourth-order valence-corrected chi connectivity index (χ4v) is 5.95. The molecule has 3 rings (SSSR count). The summed E-state index contributed by atoms with van der Waals surface area (Å²) < 4.78 is 0. The van der Waals surface area contributed by atoms with Gasteiger partial charge in [-0.3, -0.25) is 0 Å². The van der Waals surface area contributed by atoms with Crippen molar-refractivity contribution < 1.29 is 32.4 Å². The summed E-state index contributed by atoms with van der Waals surface area (Å²) in [6.45, 7) is 6.72. The van der Waals surface area contributed by atoms with Gasteiger partial charge in [-0.15, -0.1) is 17.2 Å². The standard InChI is InChI=1S/3C15H24O.Fe/c3*1-2-3-4-5-6-7-8-11-14-12-9-10-13-15(14)16;/h3*9-10,12-13,16H,2-8,11H2,1H3;/q;;;+3/p-3. The van der Waals surface area contributed by atoms with Crippen LogP contribution in [0.2, 0.25) is 0 Å². The minimum absolute atomic E-state index is 0. The Hall–Kier alpha value is -2.42. The van der Waals surface area contributed by atoms with Crippen LogP contribution in [0.1, 0.15) is 172 Å². The third-order valence-corrected chi connectivity index (χ3v) is 9.07. The van der Waals surface area contributed by atoms with Crippen LogP contribution in [0.4, 0.5) is 0 Å². The molecule has 0 saturated heterocycles. The molecule has 0 bridgehead atoms. The van der Waals surface area contributed by atoms with Crippen molar-refractivity contribution in [1.82, 2.24) is 0 Å². The van der Waals surface area contributed by atoms with Gasteiger partial charge in [0.05, 0.1) is 0 Å². The summed E-state index contributed by atoms with van der Waals surface area (Å²) in [4.78, 5) is 0. The molecule has 3 aromatic rings. The Labute approximate surface area is 312 Å². The molecule has 0 heterocycles. The number of para-hydroxylation sites is 3. The first kappa shape index (κ1) is 46.6. The second-order valence-corrected chi connectivity index (χ2v) is 13.4. The van der Waals surface area contributed by atoms with E-state index in [4.69, 9.17) is 0 Å². The van der Waals surface area contributed by atoms with Gasteiger partial charge in [0.15, 0.2) is 0 Å². The number of benzene rings is 3. The van der Waals surface area contributed by atoms with Crippen LogP contribution in [0, 0.1) is 0 Å². The SMILES string of the molecule is CCCCCCCCCc1ccccc1[O-].CCCCCCCCCc1ccccc1[O-].CCCCCCCCCc1ccccc1[O-].[Fe+3]. The predicted octanol–water partition coefficient (Wildman–Crippen LogP) is 12.2. The molecule has 3 aromatic carbocycles. The van der Waals surface area contributed by atoms with E-state index in [2.05, 4.69) is 20.8 Å². The summed E-state index contributed by atoms with van der Waals surface area (Å²) in [5.74, 6) is 0.607. The molecule has 0 fully saturated rings. The van der Waals surface area contributed by atoms with Gasteiger partial charge in [0.2, 0.25) is 0 Å². The van der Waals surface area contributed by atoms with Crippen molar-refractivity contribution in [2.45, 2.75) is 175 Å². The van der Waals surface area contributed by atoms with Gasteiger partial charge >= 0.3 is 17.1 Å². The van der Waals surface area contributed by atoms with Crippen LogP contribution >= 0.6 is 0 Å². The molecule has 0 saturated carbocycles. The first-order valence-electron chi connectivity index (χ1n) is 19.8. The van der Waals surface area contributed by atoms with E-state index in [9.17, 15) is 15.3 Å². The van der Waals surface area contributed by atoms with E-state index in [0.29, 0.717) is 0 Å². The first-order valence-corrected chi connectivity index (χ1v) is 19.8. The molecule has 0 unspecified atom stereocenters. The van der Waals surface area contributed by atoms with E-state index in [1.807, 2.05) is 54.6 Å². The average Bonchev–Trinajstić information content (AvgIpc) is 3.10. The van der Waals surface area contributed by atoms with Gasteiger partial charge in [-0.25, -0.2) is 0 Å². The molecule has 0 amide bonds. The van der Waals surface area contributed by atoms with Crippen LogP contribution < -0.4 is 15.3 Å². The molecule has 49 heavy (non-hydrogen) atoms. The monoisotopic (exact) mass is 713 g/mol. The van der Waals surface area contributed by atoms with Gasteiger partial charge < -0.3 is 15.3 Å². The Balaban J connectivity index is 0.000000698. The molecule has 4 heteroatoms. The number of rotatable bonds is 24. The average molecular weight is 714 g/mol. The second-order valence-electron chi connectivity index (χ2n) is 13.4. The molecule has 0 spiro atoms. The van der Waals surface area contributed by atoms with Crippen molar-refractivity contribution >= 4 is 0 Å². The minimum Gasteiger partial charge on any atom is -0.872 e. The van der Waals surface area contributed by atoms with Crippen LogP contribution in [-0.4, -0.2) is 0 Å². The van der Waals surface area contributed by atoms with Gasteiger partial charge in [-0.1, -0.05) is 226 Å². The molecule has 0 aromatic heterocycles. The van der Waals surface area contributed by atoms with E-state index in [0.717, 1.165) is 55.2 Å². The Morgan fingerprint density at radius 2 is 0.510 bits per heavy atom. The first-order chi connectivity index (χ1) is 23.5. The van der Waals surface area contributed by atoms with E-state index >= 15 is 0 Å². The van der Waals surface area contributed by atoms with E-state index in [-0.39, 0.29) is 34.3 Å². The van der Waals surface area contributed by atoms with E-state index < -0.39 is 0 Å². The fourth-order valence-electron chi connectivity index (χ4n) is 5.95. The van der Waals surface area contributed by atoms with Crippen LogP contribution in [0.3, 0.4) is 0 Å². The molecule has 0 aliphatic heterocycles. The maximum Gasteiger partial charge on any atom is 3.00 e. The predicted molar refractivity (Wildman–Crippen MR) is 203 cm³/mol. The second kappa shape index (κ2) is 34.0. The van der Waals surface area contributed by atoms with Gasteiger partial charge in [-0.2, -0.15) is 0 Å². The van der Waals surface area contributed by atoms with E-state index in [1.165, 1.54) is 116 Å². The molecule has 0 atom stereocenters. The zero-order valence-corrected chi connectivity index (χ0v) is 32.6. The summed E-state index contributed by atoms with van der Waals surface area (Å²) in [6, 6.07) is 22.2. The number of unbranched alkanes of at least 4 members (excludes halogenated alkanes) is 18. The van der Waals surface area contributed by atoms with Crippen molar-refractivity contribution in [1.29, 1.82) is 0 Å². The van der Waals surface area contributed by atoms with E-state index in [1.54, 1.807) is 18.2 Å². The Bertz CT molecular complexity index is 990. The number of hydrogen-bond acceptors (Lipinski definition) is 3. The maximum absolute atomic E-state index is 11.4. The third kappa shape index (κ3) is 26.1. The zero-order valence-electron chi connectivity index (χ0n) is 31.5. The molecule has 275 valence electrons. The Morgan fingerprint density at radius 1 is 0.306 bits per heavy atom. The zero-order chi connectivity index (χ0) is 34.9. The largest absolute Gasteiger partial charge is 3.00 e. The molecule has 3 nitrogen and oxygen atoms in total. The van der Waals surface area contributed by atoms with Crippen molar-refractivity contribution in [3.8, 4) is 17.2 Å². The summed E-state index contributed by atoms with van der Waals surface area (Å²) in [5, 5.41) is 34.3. The third-order valence-electron chi connectivity index (χ3n) is 9.07.